The summed E-state index contributed by atoms with van der Waals surface area (Å²) < 4.78 is 10.3. The molecule has 3 rings (SSSR count). The number of halogens is 1. The fraction of sp³-hybridized carbons (Fsp3) is 0.286. The summed E-state index contributed by atoms with van der Waals surface area (Å²) in [5.41, 5.74) is 1.78. The van der Waals surface area contributed by atoms with Crippen molar-refractivity contribution in [3.05, 3.63) is 58.6 Å². The quantitative estimate of drug-likeness (QED) is 0.525. The highest BCUT2D eigenvalue weighted by Crippen LogP contribution is 2.24. The number of carbonyl (C=O) groups excluding carboxylic acids is 3. The van der Waals surface area contributed by atoms with E-state index in [1.165, 1.54) is 7.11 Å². The molecule has 1 aliphatic heterocycles. The van der Waals surface area contributed by atoms with Crippen molar-refractivity contribution >= 4 is 34.9 Å². The number of nitrogens with zero attached hydrogens (tertiary/aromatic N) is 1. The van der Waals surface area contributed by atoms with Gasteiger partial charge in [0.05, 0.1) is 13.5 Å². The number of ketones is 1. The number of esters is 1. The lowest BCUT2D eigenvalue weighted by Gasteiger charge is -2.15. The molecule has 0 aliphatic carbocycles. The van der Waals surface area contributed by atoms with Crippen LogP contribution in [0.3, 0.4) is 0 Å². The molecule has 1 aliphatic rings. The van der Waals surface area contributed by atoms with Crippen LogP contribution in [-0.4, -0.2) is 37.9 Å². The minimum atomic E-state index is -0.548. The number of hydrogen-bond acceptors (Lipinski definition) is 5. The number of anilines is 1. The van der Waals surface area contributed by atoms with Gasteiger partial charge in [-0.3, -0.25) is 14.4 Å². The van der Waals surface area contributed by atoms with Crippen LogP contribution in [0, 0.1) is 0 Å². The van der Waals surface area contributed by atoms with E-state index in [0.29, 0.717) is 34.9 Å². The van der Waals surface area contributed by atoms with Crippen molar-refractivity contribution in [2.24, 2.45) is 0 Å². The van der Waals surface area contributed by atoms with Gasteiger partial charge in [0.15, 0.2) is 12.4 Å². The third kappa shape index (κ3) is 4.70. The lowest BCUT2D eigenvalue weighted by Crippen LogP contribution is -2.23. The molecule has 0 radical (unpaired) electrons. The van der Waals surface area contributed by atoms with E-state index in [9.17, 15) is 14.4 Å². The van der Waals surface area contributed by atoms with Crippen LogP contribution in [0.1, 0.15) is 28.8 Å². The standard InChI is InChI=1S/C21H20ClNO5/c1-27-19-9-6-16(22)11-15(19)12-21(26)28-13-18(24)14-4-7-17(8-5-14)23-10-2-3-20(23)25/h4-9,11H,2-3,10,12-13H2,1H3. The van der Waals surface area contributed by atoms with Crippen molar-refractivity contribution in [2.45, 2.75) is 19.3 Å². The van der Waals surface area contributed by atoms with Crippen LogP contribution >= 0.6 is 11.6 Å². The second kappa shape index (κ2) is 8.89. The highest BCUT2D eigenvalue weighted by atomic mass is 35.5. The Balaban J connectivity index is 1.56. The molecule has 0 unspecified atom stereocenters. The number of rotatable bonds is 7. The van der Waals surface area contributed by atoms with Crippen LogP contribution in [-0.2, 0) is 20.7 Å². The molecule has 0 atom stereocenters. The highest BCUT2D eigenvalue weighted by molar-refractivity contribution is 6.30. The number of ether oxygens (including phenoxy) is 2. The molecule has 2 aromatic carbocycles. The minimum absolute atomic E-state index is 0.0486. The average molecular weight is 402 g/mol. The van der Waals surface area contributed by atoms with Crippen LogP contribution in [0.5, 0.6) is 5.75 Å². The van der Waals surface area contributed by atoms with Gasteiger partial charge in [-0.05, 0) is 48.9 Å². The lowest BCUT2D eigenvalue weighted by atomic mass is 10.1. The number of hydrogen-bond donors (Lipinski definition) is 0. The van der Waals surface area contributed by atoms with Crippen molar-refractivity contribution in [1.29, 1.82) is 0 Å². The minimum Gasteiger partial charge on any atom is -0.496 e. The Kier molecular flexibility index (Phi) is 6.31. The molecule has 0 bridgehead atoms. The second-order valence-corrected chi connectivity index (χ2v) is 6.85. The van der Waals surface area contributed by atoms with Crippen molar-refractivity contribution in [3.63, 3.8) is 0 Å². The Hall–Kier alpha value is -2.86. The van der Waals surface area contributed by atoms with E-state index in [1.807, 2.05) is 0 Å². The molecule has 0 saturated carbocycles. The first-order valence-corrected chi connectivity index (χ1v) is 9.27. The fourth-order valence-corrected chi connectivity index (χ4v) is 3.26. The summed E-state index contributed by atoms with van der Waals surface area (Å²) in [7, 11) is 1.50. The molecule has 146 valence electrons. The molecule has 6 nitrogen and oxygen atoms in total. The predicted octanol–water partition coefficient (Wildman–Crippen LogP) is 3.44. The molecular formula is C21H20ClNO5. The first-order valence-electron chi connectivity index (χ1n) is 8.89. The van der Waals surface area contributed by atoms with Gasteiger partial charge in [0.1, 0.15) is 5.75 Å². The summed E-state index contributed by atoms with van der Waals surface area (Å²) in [5, 5.41) is 0.483. The fourth-order valence-electron chi connectivity index (χ4n) is 3.07. The van der Waals surface area contributed by atoms with Gasteiger partial charge in [-0.25, -0.2) is 0 Å². The number of methoxy groups -OCH3 is 1. The van der Waals surface area contributed by atoms with Crippen LogP contribution in [0.2, 0.25) is 5.02 Å². The van der Waals surface area contributed by atoms with E-state index in [0.717, 1.165) is 12.1 Å². The second-order valence-electron chi connectivity index (χ2n) is 6.41. The molecule has 1 amide bonds. The van der Waals surface area contributed by atoms with Gasteiger partial charge >= 0.3 is 5.97 Å². The Morgan fingerprint density at radius 3 is 2.54 bits per heavy atom. The number of benzene rings is 2. The Morgan fingerprint density at radius 1 is 1.14 bits per heavy atom. The zero-order valence-electron chi connectivity index (χ0n) is 15.4. The molecule has 1 fully saturated rings. The Bertz CT molecular complexity index is 894. The zero-order chi connectivity index (χ0) is 20.1. The van der Waals surface area contributed by atoms with Gasteiger partial charge in [0.25, 0.3) is 0 Å². The highest BCUT2D eigenvalue weighted by Gasteiger charge is 2.22. The maximum atomic E-state index is 12.3. The summed E-state index contributed by atoms with van der Waals surface area (Å²) in [6.45, 7) is 0.334. The smallest absolute Gasteiger partial charge is 0.310 e. The van der Waals surface area contributed by atoms with Crippen molar-refractivity contribution in [2.75, 3.05) is 25.2 Å². The molecule has 0 spiro atoms. The van der Waals surface area contributed by atoms with E-state index < -0.39 is 5.97 Å². The number of Topliss-reactive ketones (excluding diaryl/α,β-unsaturated/α-hetero) is 1. The van der Waals surface area contributed by atoms with Gasteiger partial charge < -0.3 is 14.4 Å². The topological polar surface area (TPSA) is 72.9 Å². The molecule has 28 heavy (non-hydrogen) atoms. The van der Waals surface area contributed by atoms with Crippen LogP contribution in [0.25, 0.3) is 0 Å². The lowest BCUT2D eigenvalue weighted by molar-refractivity contribution is -0.141. The molecular weight excluding hydrogens is 382 g/mol. The van der Waals surface area contributed by atoms with Crippen molar-refractivity contribution < 1.29 is 23.9 Å². The summed E-state index contributed by atoms with van der Waals surface area (Å²) in [6, 6.07) is 11.7. The maximum absolute atomic E-state index is 12.3. The van der Waals surface area contributed by atoms with E-state index in [-0.39, 0.29) is 24.7 Å². The van der Waals surface area contributed by atoms with Gasteiger partial charge in [0, 0.05) is 34.8 Å². The molecule has 1 saturated heterocycles. The van der Waals surface area contributed by atoms with Gasteiger partial charge in [0.2, 0.25) is 5.91 Å². The first kappa shape index (κ1) is 19.9. The Labute approximate surface area is 168 Å². The van der Waals surface area contributed by atoms with E-state index >= 15 is 0 Å². The molecule has 2 aromatic rings. The molecule has 1 heterocycles. The van der Waals surface area contributed by atoms with Crippen molar-refractivity contribution in [3.8, 4) is 5.75 Å². The van der Waals surface area contributed by atoms with Gasteiger partial charge in [-0.15, -0.1) is 0 Å². The summed E-state index contributed by atoms with van der Waals surface area (Å²) in [4.78, 5) is 37.8. The third-order valence-electron chi connectivity index (χ3n) is 4.52. The van der Waals surface area contributed by atoms with E-state index in [2.05, 4.69) is 0 Å². The van der Waals surface area contributed by atoms with Gasteiger partial charge in [-0.1, -0.05) is 11.6 Å². The van der Waals surface area contributed by atoms with Crippen molar-refractivity contribution in [1.82, 2.24) is 0 Å². The summed E-state index contributed by atoms with van der Waals surface area (Å²) in [5.74, 6) is -0.247. The summed E-state index contributed by atoms with van der Waals surface area (Å²) in [6.07, 6.45) is 1.34. The zero-order valence-corrected chi connectivity index (χ0v) is 16.2. The number of amides is 1. The van der Waals surface area contributed by atoms with Crippen LogP contribution < -0.4 is 9.64 Å². The van der Waals surface area contributed by atoms with E-state index in [4.69, 9.17) is 21.1 Å². The molecule has 0 aromatic heterocycles. The predicted molar refractivity (Wildman–Crippen MR) is 105 cm³/mol. The normalized spacial score (nSPS) is 13.5. The third-order valence-corrected chi connectivity index (χ3v) is 4.75. The SMILES string of the molecule is COc1ccc(Cl)cc1CC(=O)OCC(=O)c1ccc(N2CCCC2=O)cc1. The molecule has 0 N–H and O–H groups in total. The molecule has 7 heteroatoms. The Morgan fingerprint density at radius 2 is 1.89 bits per heavy atom. The maximum Gasteiger partial charge on any atom is 0.310 e. The first-order chi connectivity index (χ1) is 13.5. The summed E-state index contributed by atoms with van der Waals surface area (Å²) >= 11 is 5.95. The monoisotopic (exact) mass is 401 g/mol. The largest absolute Gasteiger partial charge is 0.496 e. The number of carbonyl (C=O) groups is 3. The average Bonchev–Trinajstić information content (AvgIpc) is 3.12. The van der Waals surface area contributed by atoms with Crippen LogP contribution in [0.4, 0.5) is 5.69 Å². The van der Waals surface area contributed by atoms with E-state index in [1.54, 1.807) is 47.4 Å². The van der Waals surface area contributed by atoms with Gasteiger partial charge in [-0.2, -0.15) is 0 Å². The van der Waals surface area contributed by atoms with Crippen LogP contribution in [0.15, 0.2) is 42.5 Å².